The van der Waals surface area contributed by atoms with Gasteiger partial charge in [0, 0.05) is 19.1 Å². The summed E-state index contributed by atoms with van der Waals surface area (Å²) in [5.41, 5.74) is 5.96. The molecule has 3 atom stereocenters. The first-order chi connectivity index (χ1) is 9.39. The van der Waals surface area contributed by atoms with Crippen LogP contribution in [0.1, 0.15) is 12.8 Å². The maximum atomic E-state index is 13.7. The highest BCUT2D eigenvalue weighted by Crippen LogP contribution is 2.39. The van der Waals surface area contributed by atoms with Crippen LogP contribution in [0.25, 0.3) is 0 Å². The Morgan fingerprint density at radius 1 is 1.19 bits per heavy atom. The highest BCUT2D eigenvalue weighted by atomic mass is 35.5. The molecule has 3 unspecified atom stereocenters. The Kier molecular flexibility index (Phi) is 4.58. The summed E-state index contributed by atoms with van der Waals surface area (Å²) in [6.45, 7) is 0.640. The molecule has 1 saturated heterocycles. The Hall–Kier alpha value is -0.760. The van der Waals surface area contributed by atoms with E-state index in [9.17, 15) is 17.2 Å². The molecule has 3 rings (SSSR count). The second-order valence-corrected chi connectivity index (χ2v) is 7.47. The first kappa shape index (κ1) is 16.6. The summed E-state index contributed by atoms with van der Waals surface area (Å²) in [6, 6.07) is 2.48. The van der Waals surface area contributed by atoms with Crippen LogP contribution in [0.15, 0.2) is 23.1 Å². The van der Waals surface area contributed by atoms with Gasteiger partial charge in [-0.25, -0.2) is 17.2 Å². The predicted octanol–water partition coefficient (Wildman–Crippen LogP) is 1.74. The first-order valence-electron chi connectivity index (χ1n) is 6.60. The summed E-state index contributed by atoms with van der Waals surface area (Å²) in [5, 5.41) is 0. The first-order valence-corrected chi connectivity index (χ1v) is 8.04. The number of rotatable bonds is 2. The Bertz CT molecular complexity index is 641. The van der Waals surface area contributed by atoms with E-state index in [4.69, 9.17) is 5.73 Å². The van der Waals surface area contributed by atoms with E-state index in [0.29, 0.717) is 13.1 Å². The molecule has 4 nitrogen and oxygen atoms in total. The van der Waals surface area contributed by atoms with Gasteiger partial charge in [0.15, 0.2) is 0 Å². The molecule has 0 bridgehead atoms. The summed E-state index contributed by atoms with van der Waals surface area (Å²) < 4.78 is 53.0. The summed E-state index contributed by atoms with van der Waals surface area (Å²) in [6.07, 6.45) is 1.79. The Labute approximate surface area is 128 Å². The second kappa shape index (κ2) is 5.79. The predicted molar refractivity (Wildman–Crippen MR) is 76.6 cm³/mol. The van der Waals surface area contributed by atoms with Gasteiger partial charge in [-0.2, -0.15) is 4.31 Å². The van der Waals surface area contributed by atoms with Gasteiger partial charge in [0.1, 0.15) is 16.5 Å². The zero-order valence-corrected chi connectivity index (χ0v) is 12.8. The minimum Gasteiger partial charge on any atom is -0.327 e. The van der Waals surface area contributed by atoms with Crippen molar-refractivity contribution in [2.24, 2.45) is 17.6 Å². The molecule has 1 aromatic rings. The van der Waals surface area contributed by atoms with Gasteiger partial charge >= 0.3 is 0 Å². The monoisotopic (exact) mass is 338 g/mol. The average Bonchev–Trinajstić information content (AvgIpc) is 2.95. The van der Waals surface area contributed by atoms with Gasteiger partial charge in [0.2, 0.25) is 10.0 Å². The van der Waals surface area contributed by atoms with E-state index in [1.165, 1.54) is 4.31 Å². The zero-order chi connectivity index (χ0) is 14.5. The minimum atomic E-state index is -3.99. The van der Waals surface area contributed by atoms with E-state index in [-0.39, 0.29) is 30.3 Å². The maximum Gasteiger partial charge on any atom is 0.246 e. The zero-order valence-electron chi connectivity index (χ0n) is 11.2. The lowest BCUT2D eigenvalue weighted by Gasteiger charge is -2.19. The third-order valence-corrected chi connectivity index (χ3v) is 6.24. The lowest BCUT2D eigenvalue weighted by Crippen LogP contribution is -2.34. The fourth-order valence-corrected chi connectivity index (χ4v) is 4.89. The van der Waals surface area contributed by atoms with Crippen molar-refractivity contribution < 1.29 is 17.2 Å². The third-order valence-electron chi connectivity index (χ3n) is 4.39. The van der Waals surface area contributed by atoms with E-state index in [1.807, 2.05) is 0 Å². The molecular weight excluding hydrogens is 322 g/mol. The van der Waals surface area contributed by atoms with Crippen LogP contribution in [-0.4, -0.2) is 31.9 Å². The van der Waals surface area contributed by atoms with Gasteiger partial charge in [-0.05, 0) is 42.9 Å². The molecule has 2 aliphatic rings. The van der Waals surface area contributed by atoms with E-state index in [0.717, 1.165) is 31.0 Å². The number of benzene rings is 1. The van der Waals surface area contributed by atoms with Gasteiger partial charge in [-0.1, -0.05) is 0 Å². The van der Waals surface area contributed by atoms with E-state index in [1.54, 1.807) is 0 Å². The van der Waals surface area contributed by atoms with E-state index < -0.39 is 26.6 Å². The normalized spacial score (nSPS) is 29.2. The fraction of sp³-hybridized carbons (Fsp3) is 0.538. The van der Waals surface area contributed by atoms with Crippen molar-refractivity contribution in [2.45, 2.75) is 23.8 Å². The molecule has 1 saturated carbocycles. The number of hydrogen-bond acceptors (Lipinski definition) is 3. The molecule has 2 N–H and O–H groups in total. The molecule has 0 radical (unpaired) electrons. The van der Waals surface area contributed by atoms with Gasteiger partial charge in [-0.15, -0.1) is 12.4 Å². The summed E-state index contributed by atoms with van der Waals surface area (Å²) in [4.78, 5) is -0.592. The summed E-state index contributed by atoms with van der Waals surface area (Å²) >= 11 is 0. The van der Waals surface area contributed by atoms with Crippen molar-refractivity contribution >= 4 is 22.4 Å². The van der Waals surface area contributed by atoms with Crippen molar-refractivity contribution in [3.05, 3.63) is 29.8 Å². The van der Waals surface area contributed by atoms with E-state index >= 15 is 0 Å². The molecule has 0 aromatic heterocycles. The van der Waals surface area contributed by atoms with Crippen LogP contribution in [-0.2, 0) is 10.0 Å². The lowest BCUT2D eigenvalue weighted by atomic mass is 9.98. The smallest absolute Gasteiger partial charge is 0.246 e. The highest BCUT2D eigenvalue weighted by Gasteiger charge is 2.45. The topological polar surface area (TPSA) is 63.4 Å². The number of nitrogens with zero attached hydrogens (tertiary/aromatic N) is 1. The molecule has 1 aliphatic carbocycles. The second-order valence-electron chi connectivity index (χ2n) is 5.56. The van der Waals surface area contributed by atoms with Crippen molar-refractivity contribution in [2.75, 3.05) is 13.1 Å². The maximum absolute atomic E-state index is 13.7. The van der Waals surface area contributed by atoms with Crippen LogP contribution in [0.5, 0.6) is 0 Å². The van der Waals surface area contributed by atoms with Crippen LogP contribution in [0.2, 0.25) is 0 Å². The molecular formula is C13H17ClF2N2O2S. The van der Waals surface area contributed by atoms with Crippen molar-refractivity contribution in [1.82, 2.24) is 4.31 Å². The highest BCUT2D eigenvalue weighted by molar-refractivity contribution is 7.89. The molecule has 21 heavy (non-hydrogen) atoms. The van der Waals surface area contributed by atoms with Crippen molar-refractivity contribution in [1.29, 1.82) is 0 Å². The molecule has 1 heterocycles. The van der Waals surface area contributed by atoms with Crippen molar-refractivity contribution in [3.8, 4) is 0 Å². The number of sulfonamides is 1. The molecule has 2 fully saturated rings. The van der Waals surface area contributed by atoms with Crippen LogP contribution in [0, 0.1) is 23.5 Å². The molecule has 0 spiro atoms. The fourth-order valence-electron chi connectivity index (χ4n) is 3.28. The Balaban J connectivity index is 0.00000161. The quantitative estimate of drug-likeness (QED) is 0.893. The lowest BCUT2D eigenvalue weighted by molar-refractivity contribution is 0.423. The van der Waals surface area contributed by atoms with Crippen LogP contribution in [0.3, 0.4) is 0 Å². The standard InChI is InChI=1S/C13H16F2N2O2S.ClH/c14-9-2-3-11(15)13(5-9)20(18,19)17-6-8-1-4-12(16)10(8)7-17;/h2-3,5,8,10,12H,1,4,6-7,16H2;1H. The average molecular weight is 339 g/mol. The SMILES string of the molecule is Cl.NC1CCC2CN(S(=O)(=O)c3cc(F)ccc3F)CC12. The number of hydrogen-bond donors (Lipinski definition) is 1. The molecule has 0 amide bonds. The van der Waals surface area contributed by atoms with Gasteiger partial charge in [0.05, 0.1) is 0 Å². The number of halogens is 3. The van der Waals surface area contributed by atoms with E-state index in [2.05, 4.69) is 0 Å². The van der Waals surface area contributed by atoms with Crippen LogP contribution in [0.4, 0.5) is 8.78 Å². The van der Waals surface area contributed by atoms with Crippen LogP contribution < -0.4 is 5.73 Å². The minimum absolute atomic E-state index is 0. The third kappa shape index (κ3) is 2.79. The Morgan fingerprint density at radius 2 is 1.90 bits per heavy atom. The Morgan fingerprint density at radius 3 is 2.57 bits per heavy atom. The number of fused-ring (bicyclic) bond motifs is 1. The molecule has 1 aliphatic heterocycles. The van der Waals surface area contributed by atoms with Crippen LogP contribution >= 0.6 is 12.4 Å². The van der Waals surface area contributed by atoms with Gasteiger partial charge in [0.25, 0.3) is 0 Å². The molecule has 1 aromatic carbocycles. The molecule has 8 heteroatoms. The largest absolute Gasteiger partial charge is 0.327 e. The summed E-state index contributed by atoms with van der Waals surface area (Å²) in [5.74, 6) is -1.33. The van der Waals surface area contributed by atoms with Gasteiger partial charge in [-0.3, -0.25) is 0 Å². The number of nitrogens with two attached hydrogens (primary N) is 1. The summed E-state index contributed by atoms with van der Waals surface area (Å²) in [7, 11) is -3.99. The van der Waals surface area contributed by atoms with Crippen molar-refractivity contribution in [3.63, 3.8) is 0 Å². The molecule has 118 valence electrons. The van der Waals surface area contributed by atoms with Gasteiger partial charge < -0.3 is 5.73 Å².